The van der Waals surface area contributed by atoms with E-state index in [1.165, 1.54) is 11.6 Å². The van der Waals surface area contributed by atoms with Crippen LogP contribution in [0.25, 0.3) is 0 Å². The van der Waals surface area contributed by atoms with E-state index in [4.69, 9.17) is 9.73 Å². The molecule has 2 aromatic rings. The van der Waals surface area contributed by atoms with Gasteiger partial charge in [-0.15, -0.1) is 24.0 Å². The highest BCUT2D eigenvalue weighted by molar-refractivity contribution is 14.0. The minimum absolute atomic E-state index is 0. The first-order chi connectivity index (χ1) is 14.7. The van der Waals surface area contributed by atoms with Gasteiger partial charge in [-0.1, -0.05) is 30.3 Å². The predicted molar refractivity (Wildman–Crippen MR) is 133 cm³/mol. The number of nitrogens with one attached hydrogen (secondary N) is 2. The minimum Gasteiger partial charge on any atom is -0.373 e. The highest BCUT2D eigenvalue weighted by atomic mass is 127. The van der Waals surface area contributed by atoms with Crippen LogP contribution < -0.4 is 15.5 Å². The maximum absolute atomic E-state index is 14.0. The number of hydrogen-bond donors (Lipinski definition) is 2. The average molecular weight is 539 g/mol. The lowest BCUT2D eigenvalue weighted by Crippen LogP contribution is -2.45. The zero-order chi connectivity index (χ0) is 20.8. The Morgan fingerprint density at radius 2 is 2.06 bits per heavy atom. The van der Waals surface area contributed by atoms with Crippen molar-refractivity contribution in [1.29, 1.82) is 0 Å². The number of hydrogen-bond acceptors (Lipinski definition) is 4. The Hall–Kier alpha value is -1.94. The van der Waals surface area contributed by atoms with Crippen molar-refractivity contribution in [2.45, 2.75) is 31.9 Å². The number of anilines is 1. The van der Waals surface area contributed by atoms with Crippen molar-refractivity contribution < 1.29 is 9.13 Å². The van der Waals surface area contributed by atoms with Crippen LogP contribution in [0.2, 0.25) is 0 Å². The summed E-state index contributed by atoms with van der Waals surface area (Å²) in [5, 5.41) is 6.86. The molecule has 0 amide bonds. The molecule has 2 aliphatic rings. The highest BCUT2D eigenvalue weighted by Gasteiger charge is 2.30. The summed E-state index contributed by atoms with van der Waals surface area (Å²) in [6, 6.07) is 13.7. The zero-order valence-corrected chi connectivity index (χ0v) is 20.2. The number of pyridine rings is 1. The Morgan fingerprint density at radius 3 is 2.84 bits per heavy atom. The fourth-order valence-corrected chi connectivity index (χ4v) is 4.23. The van der Waals surface area contributed by atoms with Crippen LogP contribution in [0.5, 0.6) is 0 Å². The number of aliphatic imine (C=N–C) groups is 1. The molecule has 2 N–H and O–H groups in total. The van der Waals surface area contributed by atoms with Gasteiger partial charge in [0, 0.05) is 50.9 Å². The van der Waals surface area contributed by atoms with Crippen LogP contribution in [0.15, 0.2) is 53.7 Å². The van der Waals surface area contributed by atoms with E-state index in [0.29, 0.717) is 24.8 Å². The number of guanidine groups is 1. The molecule has 2 aliphatic heterocycles. The molecule has 0 spiro atoms. The van der Waals surface area contributed by atoms with Crippen molar-refractivity contribution in [3.8, 4) is 0 Å². The van der Waals surface area contributed by atoms with Crippen LogP contribution in [0, 0.1) is 11.7 Å². The van der Waals surface area contributed by atoms with Crippen LogP contribution in [0.3, 0.4) is 0 Å². The zero-order valence-electron chi connectivity index (χ0n) is 17.8. The van der Waals surface area contributed by atoms with Crippen molar-refractivity contribution >= 4 is 35.8 Å². The fourth-order valence-electron chi connectivity index (χ4n) is 4.23. The van der Waals surface area contributed by atoms with Crippen LogP contribution in [-0.4, -0.2) is 49.8 Å². The average Bonchev–Trinajstić information content (AvgIpc) is 3.43. The molecule has 2 saturated heterocycles. The van der Waals surface area contributed by atoms with Crippen molar-refractivity contribution in [3.63, 3.8) is 0 Å². The van der Waals surface area contributed by atoms with E-state index < -0.39 is 0 Å². The predicted octanol–water partition coefficient (Wildman–Crippen LogP) is 3.75. The van der Waals surface area contributed by atoms with Crippen LogP contribution in [-0.2, 0) is 4.74 Å². The molecule has 1 aromatic heterocycles. The van der Waals surface area contributed by atoms with E-state index in [1.807, 2.05) is 11.0 Å². The molecule has 2 fully saturated rings. The summed E-state index contributed by atoms with van der Waals surface area (Å²) in [7, 11) is 0. The second-order valence-corrected chi connectivity index (χ2v) is 7.86. The van der Waals surface area contributed by atoms with Gasteiger partial charge in [0.2, 0.25) is 0 Å². The van der Waals surface area contributed by atoms with E-state index in [9.17, 15) is 4.39 Å². The van der Waals surface area contributed by atoms with E-state index in [-0.39, 0.29) is 41.9 Å². The SMILES string of the molecule is CCNC(=NCC1CCOC1c1ccccc1)NC1CCN(c2ncccc2F)C1.I. The molecular weight excluding hydrogens is 508 g/mol. The number of benzene rings is 1. The van der Waals surface area contributed by atoms with Crippen LogP contribution in [0.1, 0.15) is 31.4 Å². The van der Waals surface area contributed by atoms with Crippen molar-refractivity contribution in [2.75, 3.05) is 37.7 Å². The number of rotatable bonds is 6. The van der Waals surface area contributed by atoms with E-state index in [0.717, 1.165) is 38.5 Å². The third-order valence-corrected chi connectivity index (χ3v) is 5.74. The molecule has 31 heavy (non-hydrogen) atoms. The molecule has 3 atom stereocenters. The lowest BCUT2D eigenvalue weighted by atomic mass is 9.95. The van der Waals surface area contributed by atoms with Gasteiger partial charge in [-0.05, 0) is 37.5 Å². The van der Waals surface area contributed by atoms with E-state index >= 15 is 0 Å². The first kappa shape index (κ1) is 23.7. The topological polar surface area (TPSA) is 61.8 Å². The number of nitrogens with zero attached hydrogens (tertiary/aromatic N) is 3. The molecule has 168 valence electrons. The fraction of sp³-hybridized carbons (Fsp3) is 0.478. The van der Waals surface area contributed by atoms with Gasteiger partial charge in [0.25, 0.3) is 0 Å². The van der Waals surface area contributed by atoms with Crippen molar-refractivity contribution in [1.82, 2.24) is 15.6 Å². The second kappa shape index (κ2) is 11.6. The van der Waals surface area contributed by atoms with Gasteiger partial charge in [0.1, 0.15) is 0 Å². The van der Waals surface area contributed by atoms with Crippen molar-refractivity contribution in [3.05, 3.63) is 60.0 Å². The molecule has 3 unspecified atom stereocenters. The first-order valence-electron chi connectivity index (χ1n) is 10.8. The Bertz CT molecular complexity index is 853. The maximum atomic E-state index is 14.0. The van der Waals surface area contributed by atoms with Gasteiger partial charge in [0.15, 0.2) is 17.6 Å². The highest BCUT2D eigenvalue weighted by Crippen LogP contribution is 2.34. The molecule has 0 radical (unpaired) electrons. The first-order valence-corrected chi connectivity index (χ1v) is 10.8. The second-order valence-electron chi connectivity index (χ2n) is 7.86. The standard InChI is InChI=1S/C23H30FN5O.HI/c1-2-25-23(27-15-18-11-14-30-21(18)17-7-4-3-5-8-17)28-19-10-13-29(16-19)22-20(24)9-6-12-26-22;/h3-9,12,18-19,21H,2,10-11,13-16H2,1H3,(H2,25,27,28);1H. The third-order valence-electron chi connectivity index (χ3n) is 5.74. The van der Waals surface area contributed by atoms with E-state index in [1.54, 1.807) is 12.3 Å². The lowest BCUT2D eigenvalue weighted by molar-refractivity contribution is 0.0925. The monoisotopic (exact) mass is 539 g/mol. The minimum atomic E-state index is -0.271. The lowest BCUT2D eigenvalue weighted by Gasteiger charge is -2.21. The molecule has 8 heteroatoms. The van der Waals surface area contributed by atoms with Gasteiger partial charge in [-0.2, -0.15) is 0 Å². The largest absolute Gasteiger partial charge is 0.373 e. The molecule has 0 aliphatic carbocycles. The van der Waals surface area contributed by atoms with Gasteiger partial charge >= 0.3 is 0 Å². The molecule has 0 bridgehead atoms. The third kappa shape index (κ3) is 6.06. The van der Waals surface area contributed by atoms with Gasteiger partial charge < -0.3 is 20.3 Å². The smallest absolute Gasteiger partial charge is 0.191 e. The summed E-state index contributed by atoms with van der Waals surface area (Å²) >= 11 is 0. The van der Waals surface area contributed by atoms with Gasteiger partial charge in [-0.3, -0.25) is 4.99 Å². The molecular formula is C23H31FIN5O. The van der Waals surface area contributed by atoms with E-state index in [2.05, 4.69) is 46.8 Å². The number of ether oxygens (including phenoxy) is 1. The Kier molecular flexibility index (Phi) is 8.89. The summed E-state index contributed by atoms with van der Waals surface area (Å²) in [4.78, 5) is 11.0. The van der Waals surface area contributed by atoms with Gasteiger partial charge in [-0.25, -0.2) is 9.37 Å². The summed E-state index contributed by atoms with van der Waals surface area (Å²) in [6.07, 6.45) is 3.67. The van der Waals surface area contributed by atoms with Gasteiger partial charge in [0.05, 0.1) is 6.10 Å². The molecule has 0 saturated carbocycles. The Labute approximate surface area is 200 Å². The maximum Gasteiger partial charge on any atom is 0.191 e. The Morgan fingerprint density at radius 1 is 1.23 bits per heavy atom. The molecule has 1 aromatic carbocycles. The van der Waals surface area contributed by atoms with Crippen LogP contribution in [0.4, 0.5) is 10.2 Å². The Balaban J connectivity index is 0.00000272. The summed E-state index contributed by atoms with van der Waals surface area (Å²) in [5.74, 6) is 1.33. The normalized spacial score (nSPS) is 23.5. The summed E-state index contributed by atoms with van der Waals surface area (Å²) in [6.45, 7) is 5.82. The molecule has 4 rings (SSSR count). The quantitative estimate of drug-likeness (QED) is 0.333. The summed E-state index contributed by atoms with van der Waals surface area (Å²) in [5.41, 5.74) is 1.22. The summed E-state index contributed by atoms with van der Waals surface area (Å²) < 4.78 is 20.0. The van der Waals surface area contributed by atoms with Crippen LogP contribution >= 0.6 is 24.0 Å². The number of aromatic nitrogens is 1. The molecule has 3 heterocycles. The number of halogens is 2. The molecule has 6 nitrogen and oxygen atoms in total. The van der Waals surface area contributed by atoms with Crippen molar-refractivity contribution in [2.24, 2.45) is 10.9 Å².